The van der Waals surface area contributed by atoms with Crippen molar-refractivity contribution in [1.82, 2.24) is 9.88 Å². The summed E-state index contributed by atoms with van der Waals surface area (Å²) in [5.74, 6) is 0.744. The molecular formula is C20H20N2O3. The molecule has 0 atom stereocenters. The van der Waals surface area contributed by atoms with Gasteiger partial charge in [-0.3, -0.25) is 14.7 Å². The molecule has 0 bridgehead atoms. The molecule has 2 aromatic rings. The summed E-state index contributed by atoms with van der Waals surface area (Å²) in [5, 5.41) is 10.3. The first-order valence-corrected chi connectivity index (χ1v) is 8.65. The van der Waals surface area contributed by atoms with Crippen molar-refractivity contribution in [2.45, 2.75) is 25.8 Å². The van der Waals surface area contributed by atoms with Crippen LogP contribution in [-0.4, -0.2) is 33.9 Å². The SMILES string of the molecule is O=C1/C(=C/c2ccccn2)Oc2c1ccc(O)c2CN1CCCCC1. The Kier molecular flexibility index (Phi) is 4.24. The fraction of sp³-hybridized carbons (Fsp3) is 0.300. The van der Waals surface area contributed by atoms with Gasteiger partial charge in [0.1, 0.15) is 11.5 Å². The number of hydrogen-bond acceptors (Lipinski definition) is 5. The first-order chi connectivity index (χ1) is 12.2. The second-order valence-electron chi connectivity index (χ2n) is 6.47. The van der Waals surface area contributed by atoms with Gasteiger partial charge in [-0.05, 0) is 50.2 Å². The smallest absolute Gasteiger partial charge is 0.232 e. The number of ketones is 1. The van der Waals surface area contributed by atoms with E-state index in [1.54, 1.807) is 24.4 Å². The zero-order valence-electron chi connectivity index (χ0n) is 13.9. The van der Waals surface area contributed by atoms with Gasteiger partial charge in [-0.2, -0.15) is 0 Å². The van der Waals surface area contributed by atoms with Crippen LogP contribution in [-0.2, 0) is 6.54 Å². The van der Waals surface area contributed by atoms with E-state index in [0.29, 0.717) is 29.1 Å². The van der Waals surface area contributed by atoms with Crippen molar-refractivity contribution in [3.05, 3.63) is 59.1 Å². The maximum atomic E-state index is 12.6. The predicted octanol–water partition coefficient (Wildman–Crippen LogP) is 3.39. The number of allylic oxidation sites excluding steroid dienone is 1. The van der Waals surface area contributed by atoms with Crippen LogP contribution < -0.4 is 4.74 Å². The van der Waals surface area contributed by atoms with Gasteiger partial charge in [0.15, 0.2) is 5.76 Å². The number of pyridine rings is 1. The van der Waals surface area contributed by atoms with E-state index in [1.165, 1.54) is 19.3 Å². The number of carbonyl (C=O) groups is 1. The Balaban J connectivity index is 1.66. The molecule has 1 fully saturated rings. The Morgan fingerprint density at radius 2 is 2.00 bits per heavy atom. The van der Waals surface area contributed by atoms with Crippen molar-refractivity contribution in [1.29, 1.82) is 0 Å². The van der Waals surface area contributed by atoms with Crippen LogP contribution in [0, 0.1) is 0 Å². The summed E-state index contributed by atoms with van der Waals surface area (Å²) in [6, 6.07) is 8.72. The van der Waals surface area contributed by atoms with Crippen LogP contribution in [0.1, 0.15) is 40.9 Å². The molecule has 0 radical (unpaired) electrons. The molecule has 3 heterocycles. The van der Waals surface area contributed by atoms with Gasteiger partial charge in [-0.15, -0.1) is 0 Å². The van der Waals surface area contributed by atoms with Gasteiger partial charge >= 0.3 is 0 Å². The van der Waals surface area contributed by atoms with Gasteiger partial charge < -0.3 is 9.84 Å². The summed E-state index contributed by atoms with van der Waals surface area (Å²) >= 11 is 0. The van der Waals surface area contributed by atoms with Crippen LogP contribution in [0.25, 0.3) is 6.08 Å². The third-order valence-electron chi connectivity index (χ3n) is 4.71. The molecule has 4 rings (SSSR count). The number of aromatic nitrogens is 1. The summed E-state index contributed by atoms with van der Waals surface area (Å²) in [5.41, 5.74) is 1.87. The molecule has 0 amide bonds. The molecule has 5 heteroatoms. The van der Waals surface area contributed by atoms with E-state index in [0.717, 1.165) is 13.1 Å². The monoisotopic (exact) mass is 336 g/mol. The number of hydrogen-bond donors (Lipinski definition) is 1. The quantitative estimate of drug-likeness (QED) is 0.871. The highest BCUT2D eigenvalue weighted by Crippen LogP contribution is 2.40. The van der Waals surface area contributed by atoms with Gasteiger partial charge in [0.25, 0.3) is 0 Å². The molecular weight excluding hydrogens is 316 g/mol. The second-order valence-corrected chi connectivity index (χ2v) is 6.47. The molecule has 0 aliphatic carbocycles. The van der Waals surface area contributed by atoms with E-state index in [1.807, 2.05) is 18.2 Å². The van der Waals surface area contributed by atoms with Crippen LogP contribution in [0.4, 0.5) is 0 Å². The van der Waals surface area contributed by atoms with Crippen LogP contribution in [0.2, 0.25) is 0 Å². The van der Waals surface area contributed by atoms with Crippen molar-refractivity contribution >= 4 is 11.9 Å². The number of ether oxygens (including phenoxy) is 1. The lowest BCUT2D eigenvalue weighted by Gasteiger charge is -2.27. The molecule has 0 unspecified atom stereocenters. The highest BCUT2D eigenvalue weighted by molar-refractivity contribution is 6.14. The molecule has 128 valence electrons. The van der Waals surface area contributed by atoms with Crippen molar-refractivity contribution in [2.75, 3.05) is 13.1 Å². The minimum atomic E-state index is -0.166. The maximum Gasteiger partial charge on any atom is 0.232 e. The van der Waals surface area contributed by atoms with Crippen molar-refractivity contribution < 1.29 is 14.6 Å². The average Bonchev–Trinajstić information content (AvgIpc) is 2.95. The Hall–Kier alpha value is -2.66. The molecule has 1 aromatic carbocycles. The zero-order chi connectivity index (χ0) is 17.2. The molecule has 2 aliphatic heterocycles. The first kappa shape index (κ1) is 15.8. The highest BCUT2D eigenvalue weighted by Gasteiger charge is 2.31. The molecule has 1 saturated heterocycles. The Bertz CT molecular complexity index is 824. The number of piperidine rings is 1. The lowest BCUT2D eigenvalue weighted by molar-refractivity contribution is 0.101. The minimum absolute atomic E-state index is 0.166. The topological polar surface area (TPSA) is 62.7 Å². The Labute approximate surface area is 146 Å². The van der Waals surface area contributed by atoms with E-state index in [4.69, 9.17) is 4.74 Å². The summed E-state index contributed by atoms with van der Waals surface area (Å²) in [6.45, 7) is 2.61. The highest BCUT2D eigenvalue weighted by atomic mass is 16.5. The van der Waals surface area contributed by atoms with E-state index < -0.39 is 0 Å². The number of benzene rings is 1. The van der Waals surface area contributed by atoms with E-state index in [9.17, 15) is 9.90 Å². The number of phenols is 1. The summed E-state index contributed by atoms with van der Waals surface area (Å²) in [7, 11) is 0. The van der Waals surface area contributed by atoms with Gasteiger partial charge in [-0.1, -0.05) is 12.5 Å². The van der Waals surface area contributed by atoms with Crippen molar-refractivity contribution in [3.8, 4) is 11.5 Å². The minimum Gasteiger partial charge on any atom is -0.507 e. The van der Waals surface area contributed by atoms with Crippen LogP contribution >= 0.6 is 0 Å². The van der Waals surface area contributed by atoms with Crippen LogP contribution in [0.3, 0.4) is 0 Å². The fourth-order valence-corrected chi connectivity index (χ4v) is 3.39. The number of carbonyl (C=O) groups excluding carboxylic acids is 1. The third kappa shape index (κ3) is 3.15. The molecule has 0 saturated carbocycles. The number of phenolic OH excluding ortho intramolecular Hbond substituents is 1. The maximum absolute atomic E-state index is 12.6. The normalized spacial score (nSPS) is 19.0. The number of aromatic hydroxyl groups is 1. The third-order valence-corrected chi connectivity index (χ3v) is 4.71. The van der Waals surface area contributed by atoms with Gasteiger partial charge in [-0.25, -0.2) is 0 Å². The number of Topliss-reactive ketones (excluding diaryl/α,β-unsaturated/α-hetero) is 1. The fourth-order valence-electron chi connectivity index (χ4n) is 3.39. The summed E-state index contributed by atoms with van der Waals surface area (Å²) in [4.78, 5) is 19.1. The Morgan fingerprint density at radius 3 is 2.76 bits per heavy atom. The molecule has 1 N–H and O–H groups in total. The van der Waals surface area contributed by atoms with E-state index in [2.05, 4.69) is 9.88 Å². The lowest BCUT2D eigenvalue weighted by Crippen LogP contribution is -2.29. The van der Waals surface area contributed by atoms with Crippen molar-refractivity contribution in [2.24, 2.45) is 0 Å². The summed E-state index contributed by atoms with van der Waals surface area (Å²) < 4.78 is 5.86. The average molecular weight is 336 g/mol. The summed E-state index contributed by atoms with van der Waals surface area (Å²) in [6.07, 6.45) is 6.90. The van der Waals surface area contributed by atoms with Crippen LogP contribution in [0.15, 0.2) is 42.3 Å². The number of rotatable bonds is 3. The molecule has 25 heavy (non-hydrogen) atoms. The van der Waals surface area contributed by atoms with Gasteiger partial charge in [0.2, 0.25) is 5.78 Å². The molecule has 2 aliphatic rings. The first-order valence-electron chi connectivity index (χ1n) is 8.65. The molecule has 1 aromatic heterocycles. The second kappa shape index (κ2) is 6.69. The number of nitrogens with zero attached hydrogens (tertiary/aromatic N) is 2. The molecule has 0 spiro atoms. The largest absolute Gasteiger partial charge is 0.507 e. The van der Waals surface area contributed by atoms with Crippen LogP contribution in [0.5, 0.6) is 11.5 Å². The zero-order valence-corrected chi connectivity index (χ0v) is 13.9. The molecule has 5 nitrogen and oxygen atoms in total. The standard InChI is InChI=1S/C20H20N2O3/c23-17-8-7-15-19(24)18(12-14-6-2-3-9-21-14)25-20(15)16(17)13-22-10-4-1-5-11-22/h2-3,6-9,12,23H,1,4-5,10-11,13H2/b18-12-. The predicted molar refractivity (Wildman–Crippen MR) is 94.4 cm³/mol. The number of fused-ring (bicyclic) bond motifs is 1. The van der Waals surface area contributed by atoms with Gasteiger partial charge in [0.05, 0.1) is 16.8 Å². The Morgan fingerprint density at radius 1 is 1.16 bits per heavy atom. The number of likely N-dealkylation sites (tertiary alicyclic amines) is 1. The van der Waals surface area contributed by atoms with E-state index >= 15 is 0 Å². The lowest BCUT2D eigenvalue weighted by atomic mass is 10.0. The van der Waals surface area contributed by atoms with Crippen molar-refractivity contribution in [3.63, 3.8) is 0 Å². The van der Waals surface area contributed by atoms with Gasteiger partial charge in [0, 0.05) is 18.8 Å². The van der Waals surface area contributed by atoms with E-state index in [-0.39, 0.29) is 17.3 Å².